The summed E-state index contributed by atoms with van der Waals surface area (Å²) in [4.78, 5) is 27.6. The summed E-state index contributed by atoms with van der Waals surface area (Å²) in [6.45, 7) is 5.65. The Kier molecular flexibility index (Phi) is 5.96. The SMILES string of the molecule is CN(C)S(=O)(=O)c1ccc(N2CCCC2)c(C(=O)Nc2ccc3c(c2)C(C)(C)CC(=O)N3)c1. The molecule has 0 radical (unpaired) electrons. The Balaban J connectivity index is 1.71. The van der Waals surface area contributed by atoms with Gasteiger partial charge in [-0.2, -0.15) is 0 Å². The first-order valence-corrected chi connectivity index (χ1v) is 12.5. The number of sulfonamides is 1. The number of anilines is 3. The fourth-order valence-corrected chi connectivity index (χ4v) is 5.41. The minimum absolute atomic E-state index is 0.0292. The molecule has 2 aliphatic rings. The van der Waals surface area contributed by atoms with E-state index in [1.807, 2.05) is 19.9 Å². The largest absolute Gasteiger partial charge is 0.371 e. The van der Waals surface area contributed by atoms with E-state index in [0.717, 1.165) is 47.2 Å². The van der Waals surface area contributed by atoms with Gasteiger partial charge in [0.1, 0.15) is 0 Å². The first kappa shape index (κ1) is 23.3. The topological polar surface area (TPSA) is 98.8 Å². The number of hydrogen-bond acceptors (Lipinski definition) is 5. The van der Waals surface area contributed by atoms with E-state index in [1.54, 1.807) is 24.3 Å². The van der Waals surface area contributed by atoms with Gasteiger partial charge in [0.15, 0.2) is 0 Å². The molecule has 176 valence electrons. The second kappa shape index (κ2) is 8.46. The molecule has 4 rings (SSSR count). The number of nitrogens with one attached hydrogen (secondary N) is 2. The fraction of sp³-hybridized carbons (Fsp3) is 0.417. The van der Waals surface area contributed by atoms with Crippen LogP contribution in [-0.2, 0) is 20.2 Å². The lowest BCUT2D eigenvalue weighted by molar-refractivity contribution is -0.117. The third kappa shape index (κ3) is 4.47. The normalized spacial score (nSPS) is 17.6. The lowest BCUT2D eigenvalue weighted by atomic mass is 9.78. The Labute approximate surface area is 195 Å². The van der Waals surface area contributed by atoms with Crippen LogP contribution >= 0.6 is 0 Å². The van der Waals surface area contributed by atoms with Crippen molar-refractivity contribution in [2.24, 2.45) is 0 Å². The molecule has 2 N–H and O–H groups in total. The van der Waals surface area contributed by atoms with Crippen molar-refractivity contribution in [2.45, 2.75) is 43.4 Å². The third-order valence-corrected chi connectivity index (χ3v) is 8.13. The molecule has 2 aliphatic heterocycles. The van der Waals surface area contributed by atoms with E-state index in [0.29, 0.717) is 17.7 Å². The average Bonchev–Trinajstić information content (AvgIpc) is 3.27. The Morgan fingerprint density at radius 3 is 2.45 bits per heavy atom. The Morgan fingerprint density at radius 1 is 1.09 bits per heavy atom. The van der Waals surface area contributed by atoms with Gasteiger partial charge in [0.2, 0.25) is 15.9 Å². The van der Waals surface area contributed by atoms with E-state index in [4.69, 9.17) is 0 Å². The molecule has 9 heteroatoms. The average molecular weight is 471 g/mol. The maximum atomic E-state index is 13.4. The molecule has 0 unspecified atom stereocenters. The van der Waals surface area contributed by atoms with Gasteiger partial charge >= 0.3 is 0 Å². The van der Waals surface area contributed by atoms with Crippen LogP contribution in [0.5, 0.6) is 0 Å². The number of amides is 2. The van der Waals surface area contributed by atoms with Crippen LogP contribution in [0.25, 0.3) is 0 Å². The van der Waals surface area contributed by atoms with E-state index in [9.17, 15) is 18.0 Å². The monoisotopic (exact) mass is 470 g/mol. The lowest BCUT2D eigenvalue weighted by Gasteiger charge is -2.32. The van der Waals surface area contributed by atoms with Crippen LogP contribution < -0.4 is 15.5 Å². The van der Waals surface area contributed by atoms with Gasteiger partial charge in [-0.3, -0.25) is 9.59 Å². The molecule has 33 heavy (non-hydrogen) atoms. The van der Waals surface area contributed by atoms with Crippen molar-refractivity contribution in [1.82, 2.24) is 4.31 Å². The van der Waals surface area contributed by atoms with Crippen LogP contribution in [0, 0.1) is 0 Å². The van der Waals surface area contributed by atoms with Gasteiger partial charge in [-0.05, 0) is 54.8 Å². The van der Waals surface area contributed by atoms with Gasteiger partial charge in [0, 0.05) is 56.1 Å². The zero-order valence-electron chi connectivity index (χ0n) is 19.4. The molecule has 2 amide bonds. The number of fused-ring (bicyclic) bond motifs is 1. The van der Waals surface area contributed by atoms with Crippen LogP contribution in [0.15, 0.2) is 41.3 Å². The first-order chi connectivity index (χ1) is 15.5. The Hall–Kier alpha value is -2.91. The van der Waals surface area contributed by atoms with Gasteiger partial charge in [-0.1, -0.05) is 13.8 Å². The van der Waals surface area contributed by atoms with E-state index in [2.05, 4.69) is 15.5 Å². The van der Waals surface area contributed by atoms with Crippen LogP contribution in [0.3, 0.4) is 0 Å². The summed E-state index contributed by atoms with van der Waals surface area (Å²) in [7, 11) is -0.745. The number of carbonyl (C=O) groups is 2. The lowest BCUT2D eigenvalue weighted by Crippen LogP contribution is -2.32. The molecule has 0 atom stereocenters. The number of benzene rings is 2. The molecule has 0 saturated carbocycles. The van der Waals surface area contributed by atoms with Crippen LogP contribution in [0.2, 0.25) is 0 Å². The molecular weight excluding hydrogens is 440 g/mol. The van der Waals surface area contributed by atoms with E-state index in [1.165, 1.54) is 20.2 Å². The molecule has 0 aliphatic carbocycles. The second-order valence-corrected chi connectivity index (χ2v) is 11.6. The number of rotatable bonds is 5. The minimum Gasteiger partial charge on any atom is -0.371 e. The van der Waals surface area contributed by atoms with Crippen molar-refractivity contribution in [3.05, 3.63) is 47.5 Å². The fourth-order valence-electron chi connectivity index (χ4n) is 4.48. The standard InChI is InChI=1S/C24H30N4O4S/c1-24(2)15-22(29)26-20-9-7-16(13-19(20)24)25-23(30)18-14-17(33(31,32)27(3)4)8-10-21(18)28-11-5-6-12-28/h7-10,13-14H,5-6,11-12,15H2,1-4H3,(H,25,30)(H,26,29). The smallest absolute Gasteiger partial charge is 0.257 e. The van der Waals surface area contributed by atoms with Crippen LogP contribution in [0.1, 0.15) is 49.0 Å². The van der Waals surface area contributed by atoms with Gasteiger partial charge in [0.05, 0.1) is 10.5 Å². The molecule has 8 nitrogen and oxygen atoms in total. The molecule has 1 saturated heterocycles. The van der Waals surface area contributed by atoms with Crippen molar-refractivity contribution in [2.75, 3.05) is 42.7 Å². The molecular formula is C24H30N4O4S. The molecule has 2 aromatic carbocycles. The predicted molar refractivity (Wildman–Crippen MR) is 129 cm³/mol. The van der Waals surface area contributed by atoms with Crippen molar-refractivity contribution in [3.63, 3.8) is 0 Å². The number of nitrogens with zero attached hydrogens (tertiary/aromatic N) is 2. The highest BCUT2D eigenvalue weighted by Gasteiger charge is 2.32. The molecule has 1 fully saturated rings. The molecule has 0 bridgehead atoms. The van der Waals surface area contributed by atoms with Gasteiger partial charge in [0.25, 0.3) is 5.91 Å². The maximum absolute atomic E-state index is 13.4. The van der Waals surface area contributed by atoms with Crippen molar-refractivity contribution < 1.29 is 18.0 Å². The summed E-state index contributed by atoms with van der Waals surface area (Å²) < 4.78 is 26.5. The van der Waals surface area contributed by atoms with Gasteiger partial charge in [-0.25, -0.2) is 12.7 Å². The minimum atomic E-state index is -3.68. The highest BCUT2D eigenvalue weighted by atomic mass is 32.2. The van der Waals surface area contributed by atoms with Gasteiger partial charge in [-0.15, -0.1) is 0 Å². The van der Waals surface area contributed by atoms with Crippen LogP contribution in [0.4, 0.5) is 17.1 Å². The second-order valence-electron chi connectivity index (χ2n) is 9.48. The zero-order chi connectivity index (χ0) is 24.0. The predicted octanol–water partition coefficient (Wildman–Crippen LogP) is 3.41. The summed E-state index contributed by atoms with van der Waals surface area (Å²) in [6, 6.07) is 10.2. The van der Waals surface area contributed by atoms with Crippen molar-refractivity contribution in [1.29, 1.82) is 0 Å². The summed E-state index contributed by atoms with van der Waals surface area (Å²) in [5, 5.41) is 5.82. The Bertz CT molecular complexity index is 1210. The number of carbonyl (C=O) groups excluding carboxylic acids is 2. The molecule has 2 heterocycles. The van der Waals surface area contributed by atoms with E-state index >= 15 is 0 Å². The summed E-state index contributed by atoms with van der Waals surface area (Å²) in [5.74, 6) is -0.399. The van der Waals surface area contributed by atoms with Crippen molar-refractivity contribution >= 4 is 38.9 Å². The summed E-state index contributed by atoms with van der Waals surface area (Å²) in [5.41, 5.74) is 2.98. The summed E-state index contributed by atoms with van der Waals surface area (Å²) in [6.07, 6.45) is 2.43. The quantitative estimate of drug-likeness (QED) is 0.698. The molecule has 0 spiro atoms. The first-order valence-electron chi connectivity index (χ1n) is 11.1. The van der Waals surface area contributed by atoms with E-state index < -0.39 is 10.0 Å². The Morgan fingerprint density at radius 2 is 1.79 bits per heavy atom. The summed E-state index contributed by atoms with van der Waals surface area (Å²) >= 11 is 0. The highest BCUT2D eigenvalue weighted by molar-refractivity contribution is 7.89. The zero-order valence-corrected chi connectivity index (χ0v) is 20.3. The maximum Gasteiger partial charge on any atom is 0.257 e. The van der Waals surface area contributed by atoms with Gasteiger partial charge < -0.3 is 15.5 Å². The van der Waals surface area contributed by atoms with Crippen molar-refractivity contribution in [3.8, 4) is 0 Å². The third-order valence-electron chi connectivity index (χ3n) is 6.32. The molecule has 0 aromatic heterocycles. The number of hydrogen-bond donors (Lipinski definition) is 2. The van der Waals surface area contributed by atoms with E-state index in [-0.39, 0.29) is 22.1 Å². The van der Waals surface area contributed by atoms with Crippen LogP contribution in [-0.4, -0.2) is 51.7 Å². The highest BCUT2D eigenvalue weighted by Crippen LogP contribution is 2.39. The molecule has 2 aromatic rings.